The molecule has 1 amide bonds. The maximum atomic E-state index is 12.8. The zero-order valence-corrected chi connectivity index (χ0v) is 14.8. The van der Waals surface area contributed by atoms with Gasteiger partial charge in [-0.05, 0) is 35.1 Å². The van der Waals surface area contributed by atoms with Crippen LogP contribution in [0.25, 0.3) is 0 Å². The van der Waals surface area contributed by atoms with Crippen molar-refractivity contribution in [2.75, 3.05) is 39.4 Å². The molecule has 0 bridgehead atoms. The summed E-state index contributed by atoms with van der Waals surface area (Å²) in [6.45, 7) is 6.00. The third-order valence-electron chi connectivity index (χ3n) is 6.00. The Morgan fingerprint density at radius 1 is 1.08 bits per heavy atom. The molecule has 8 nitrogen and oxygen atoms in total. The van der Waals surface area contributed by atoms with Crippen LogP contribution in [0, 0.1) is 11.8 Å². The standard InChI is InChI=1S/C17H28N6O2/c24-17(22-6-5-14-3-1-2-4-15(14)11-22)13-23-16(18-19-20-23)12-21-7-9-25-10-8-21/h14-15H,1-13H2/t14-,15-/m0/s1. The number of aromatic nitrogens is 4. The van der Waals surface area contributed by atoms with Gasteiger partial charge in [-0.25, -0.2) is 4.68 Å². The Hall–Kier alpha value is -1.54. The Balaban J connectivity index is 1.34. The van der Waals surface area contributed by atoms with Crippen molar-refractivity contribution in [3.8, 4) is 0 Å². The lowest BCUT2D eigenvalue weighted by atomic mass is 9.75. The monoisotopic (exact) mass is 348 g/mol. The van der Waals surface area contributed by atoms with Crippen molar-refractivity contribution in [1.82, 2.24) is 30.0 Å². The van der Waals surface area contributed by atoms with Crippen LogP contribution in [0.15, 0.2) is 0 Å². The van der Waals surface area contributed by atoms with E-state index in [1.807, 2.05) is 4.90 Å². The first-order chi connectivity index (χ1) is 12.3. The molecule has 2 saturated heterocycles. The SMILES string of the molecule is O=C(Cn1nnnc1CN1CCOCC1)N1CC[C@@H]2CCCC[C@H]2C1. The highest BCUT2D eigenvalue weighted by Gasteiger charge is 2.33. The maximum Gasteiger partial charge on any atom is 0.244 e. The van der Waals surface area contributed by atoms with Gasteiger partial charge in [0.15, 0.2) is 5.82 Å². The van der Waals surface area contributed by atoms with E-state index in [2.05, 4.69) is 20.4 Å². The molecule has 1 aromatic rings. The van der Waals surface area contributed by atoms with Gasteiger partial charge in [0, 0.05) is 26.2 Å². The topological polar surface area (TPSA) is 76.4 Å². The Kier molecular flexibility index (Phi) is 5.26. The van der Waals surface area contributed by atoms with Gasteiger partial charge in [-0.1, -0.05) is 19.3 Å². The van der Waals surface area contributed by atoms with Crippen LogP contribution in [0.5, 0.6) is 0 Å². The van der Waals surface area contributed by atoms with Crippen molar-refractivity contribution < 1.29 is 9.53 Å². The van der Waals surface area contributed by atoms with E-state index < -0.39 is 0 Å². The smallest absolute Gasteiger partial charge is 0.244 e. The summed E-state index contributed by atoms with van der Waals surface area (Å²) in [5.74, 6) is 2.46. The fourth-order valence-corrected chi connectivity index (χ4v) is 4.47. The van der Waals surface area contributed by atoms with Crippen molar-refractivity contribution >= 4 is 5.91 Å². The highest BCUT2D eigenvalue weighted by atomic mass is 16.5. The minimum Gasteiger partial charge on any atom is -0.379 e. The van der Waals surface area contributed by atoms with Gasteiger partial charge in [0.1, 0.15) is 6.54 Å². The lowest BCUT2D eigenvalue weighted by molar-refractivity contribution is -0.135. The molecule has 0 spiro atoms. The van der Waals surface area contributed by atoms with Crippen LogP contribution in [0.2, 0.25) is 0 Å². The zero-order valence-electron chi connectivity index (χ0n) is 14.8. The molecule has 25 heavy (non-hydrogen) atoms. The fourth-order valence-electron chi connectivity index (χ4n) is 4.47. The molecule has 1 saturated carbocycles. The van der Waals surface area contributed by atoms with E-state index in [4.69, 9.17) is 4.74 Å². The summed E-state index contributed by atoms with van der Waals surface area (Å²) in [5, 5.41) is 12.0. The highest BCUT2D eigenvalue weighted by Crippen LogP contribution is 2.36. The molecule has 0 N–H and O–H groups in total. The Morgan fingerprint density at radius 3 is 2.72 bits per heavy atom. The predicted octanol–water partition coefficient (Wildman–Crippen LogP) is 0.544. The van der Waals surface area contributed by atoms with Crippen LogP contribution in [0.3, 0.4) is 0 Å². The van der Waals surface area contributed by atoms with E-state index in [1.54, 1.807) is 4.68 Å². The fraction of sp³-hybridized carbons (Fsp3) is 0.882. The molecule has 3 aliphatic rings. The number of ether oxygens (including phenoxy) is 1. The first-order valence-electron chi connectivity index (χ1n) is 9.62. The van der Waals surface area contributed by atoms with E-state index >= 15 is 0 Å². The number of hydrogen-bond donors (Lipinski definition) is 0. The number of carbonyl (C=O) groups is 1. The predicted molar refractivity (Wildman–Crippen MR) is 90.6 cm³/mol. The molecule has 4 rings (SSSR count). The third-order valence-corrected chi connectivity index (χ3v) is 6.00. The summed E-state index contributed by atoms with van der Waals surface area (Å²) in [4.78, 5) is 17.1. The number of carbonyl (C=O) groups excluding carboxylic acids is 1. The molecule has 1 aromatic heterocycles. The van der Waals surface area contributed by atoms with Crippen molar-refractivity contribution in [3.63, 3.8) is 0 Å². The largest absolute Gasteiger partial charge is 0.379 e. The van der Waals surface area contributed by atoms with Crippen LogP contribution in [-0.2, 0) is 22.6 Å². The normalized spacial score (nSPS) is 27.9. The van der Waals surface area contributed by atoms with E-state index in [9.17, 15) is 4.79 Å². The quantitative estimate of drug-likeness (QED) is 0.791. The second kappa shape index (κ2) is 7.78. The zero-order chi connectivity index (χ0) is 17.1. The van der Waals surface area contributed by atoms with Crippen LogP contribution < -0.4 is 0 Å². The average molecular weight is 348 g/mol. The number of morpholine rings is 1. The van der Waals surface area contributed by atoms with Crippen molar-refractivity contribution in [3.05, 3.63) is 5.82 Å². The van der Waals surface area contributed by atoms with Gasteiger partial charge >= 0.3 is 0 Å². The molecule has 0 aromatic carbocycles. The average Bonchev–Trinajstić information content (AvgIpc) is 3.08. The minimum atomic E-state index is 0.152. The van der Waals surface area contributed by atoms with Gasteiger partial charge in [0.05, 0.1) is 19.8 Å². The van der Waals surface area contributed by atoms with Crippen molar-refractivity contribution in [1.29, 1.82) is 0 Å². The molecular weight excluding hydrogens is 320 g/mol. The molecular formula is C17H28N6O2. The summed E-state index contributed by atoms with van der Waals surface area (Å²) in [7, 11) is 0. The number of amides is 1. The van der Waals surface area contributed by atoms with Crippen LogP contribution in [-0.4, -0.2) is 75.3 Å². The molecule has 0 radical (unpaired) electrons. The number of rotatable bonds is 4. The summed E-state index contributed by atoms with van der Waals surface area (Å²) >= 11 is 0. The van der Waals surface area contributed by atoms with Gasteiger partial charge in [0.25, 0.3) is 0 Å². The summed E-state index contributed by atoms with van der Waals surface area (Å²) in [5.41, 5.74) is 0. The Bertz CT molecular complexity index is 585. The van der Waals surface area contributed by atoms with Crippen molar-refractivity contribution in [2.24, 2.45) is 11.8 Å². The molecule has 0 unspecified atom stereocenters. The molecule has 138 valence electrons. The highest BCUT2D eigenvalue weighted by molar-refractivity contribution is 5.76. The van der Waals surface area contributed by atoms with Crippen LogP contribution >= 0.6 is 0 Å². The van der Waals surface area contributed by atoms with Gasteiger partial charge < -0.3 is 9.64 Å². The maximum absolute atomic E-state index is 12.8. The molecule has 2 atom stereocenters. The third kappa shape index (κ3) is 4.00. The summed E-state index contributed by atoms with van der Waals surface area (Å²) in [6, 6.07) is 0. The van der Waals surface area contributed by atoms with Crippen LogP contribution in [0.1, 0.15) is 37.9 Å². The Labute approximate surface area is 148 Å². The van der Waals surface area contributed by atoms with Gasteiger partial charge in [-0.15, -0.1) is 5.10 Å². The number of piperidine rings is 1. The van der Waals surface area contributed by atoms with Gasteiger partial charge in [0.2, 0.25) is 5.91 Å². The van der Waals surface area contributed by atoms with Gasteiger partial charge in [-0.2, -0.15) is 0 Å². The van der Waals surface area contributed by atoms with E-state index in [0.717, 1.165) is 57.6 Å². The van der Waals surface area contributed by atoms with Gasteiger partial charge in [-0.3, -0.25) is 9.69 Å². The lowest BCUT2D eigenvalue weighted by Crippen LogP contribution is -2.46. The minimum absolute atomic E-state index is 0.152. The summed E-state index contributed by atoms with van der Waals surface area (Å²) in [6.07, 6.45) is 6.47. The second-order valence-corrected chi connectivity index (χ2v) is 7.57. The van der Waals surface area contributed by atoms with Crippen LogP contribution in [0.4, 0.5) is 0 Å². The van der Waals surface area contributed by atoms with Crippen molar-refractivity contribution in [2.45, 2.75) is 45.2 Å². The number of nitrogens with zero attached hydrogens (tertiary/aromatic N) is 6. The number of fused-ring (bicyclic) bond motifs is 1. The lowest BCUT2D eigenvalue weighted by Gasteiger charge is -2.41. The number of likely N-dealkylation sites (tertiary alicyclic amines) is 1. The number of hydrogen-bond acceptors (Lipinski definition) is 6. The van der Waals surface area contributed by atoms with E-state index in [1.165, 1.54) is 25.7 Å². The first kappa shape index (κ1) is 16.9. The molecule has 1 aliphatic carbocycles. The molecule has 3 heterocycles. The first-order valence-corrected chi connectivity index (χ1v) is 9.62. The molecule has 3 fully saturated rings. The second-order valence-electron chi connectivity index (χ2n) is 7.57. The van der Waals surface area contributed by atoms with E-state index in [0.29, 0.717) is 12.5 Å². The summed E-state index contributed by atoms with van der Waals surface area (Å²) < 4.78 is 7.05. The number of tetrazole rings is 1. The van der Waals surface area contributed by atoms with E-state index in [-0.39, 0.29) is 12.5 Å². The molecule has 2 aliphatic heterocycles. The Morgan fingerprint density at radius 2 is 1.88 bits per heavy atom. The molecule has 8 heteroatoms.